The molecule has 0 saturated carbocycles. The molecular formula is C18H20N2O. The highest BCUT2D eigenvalue weighted by atomic mass is 16.2. The van der Waals surface area contributed by atoms with Gasteiger partial charge >= 0.3 is 0 Å². The van der Waals surface area contributed by atoms with Crippen LogP contribution in [0.4, 0.5) is 5.69 Å². The summed E-state index contributed by atoms with van der Waals surface area (Å²) in [5.41, 5.74) is 3.54. The summed E-state index contributed by atoms with van der Waals surface area (Å²) in [5.74, 6) is 0.241. The summed E-state index contributed by atoms with van der Waals surface area (Å²) >= 11 is 0. The van der Waals surface area contributed by atoms with E-state index in [1.165, 1.54) is 11.1 Å². The van der Waals surface area contributed by atoms with Gasteiger partial charge in [0.15, 0.2) is 0 Å². The third-order valence-corrected chi connectivity index (χ3v) is 3.82. The third kappa shape index (κ3) is 3.50. The fourth-order valence-electron chi connectivity index (χ4n) is 2.66. The van der Waals surface area contributed by atoms with E-state index in [1.54, 1.807) is 0 Å². The Morgan fingerprint density at radius 2 is 1.57 bits per heavy atom. The van der Waals surface area contributed by atoms with E-state index in [0.717, 1.165) is 31.7 Å². The van der Waals surface area contributed by atoms with Crippen LogP contribution in [0, 0.1) is 0 Å². The Kier molecular flexibility index (Phi) is 4.31. The molecule has 0 spiro atoms. The minimum atomic E-state index is 0.241. The van der Waals surface area contributed by atoms with Crippen molar-refractivity contribution in [3.05, 3.63) is 65.7 Å². The maximum atomic E-state index is 11.7. The van der Waals surface area contributed by atoms with Crippen LogP contribution in [0.15, 0.2) is 54.6 Å². The van der Waals surface area contributed by atoms with E-state index < -0.39 is 0 Å². The third-order valence-electron chi connectivity index (χ3n) is 3.82. The number of rotatable bonds is 5. The lowest BCUT2D eigenvalue weighted by Gasteiger charge is -2.16. The Morgan fingerprint density at radius 3 is 2.19 bits per heavy atom. The average molecular weight is 280 g/mol. The summed E-state index contributed by atoms with van der Waals surface area (Å²) in [6.07, 6.45) is 1.65. The normalized spacial score (nSPS) is 14.7. The van der Waals surface area contributed by atoms with E-state index >= 15 is 0 Å². The molecule has 3 nitrogen and oxygen atoms in total. The van der Waals surface area contributed by atoms with Gasteiger partial charge in [0.25, 0.3) is 0 Å². The summed E-state index contributed by atoms with van der Waals surface area (Å²) in [4.78, 5) is 13.6. The van der Waals surface area contributed by atoms with E-state index in [0.29, 0.717) is 6.42 Å². The molecule has 1 fully saturated rings. The Hall–Kier alpha value is -2.13. The second-order valence-corrected chi connectivity index (χ2v) is 5.40. The molecule has 1 saturated heterocycles. The van der Waals surface area contributed by atoms with Gasteiger partial charge in [-0.3, -0.25) is 4.79 Å². The number of nitrogens with one attached hydrogen (secondary N) is 1. The fraction of sp³-hybridized carbons (Fsp3) is 0.278. The lowest BCUT2D eigenvalue weighted by Crippen LogP contribution is -2.23. The van der Waals surface area contributed by atoms with Crippen LogP contribution in [-0.2, 0) is 17.9 Å². The van der Waals surface area contributed by atoms with Gasteiger partial charge in [0.2, 0.25) is 5.91 Å². The Bertz CT molecular complexity index is 592. The first kappa shape index (κ1) is 13.8. The number of amides is 1. The minimum absolute atomic E-state index is 0.241. The minimum Gasteiger partial charge on any atom is -0.312 e. The summed E-state index contributed by atoms with van der Waals surface area (Å²) in [7, 11) is 0. The van der Waals surface area contributed by atoms with Crippen molar-refractivity contribution in [2.45, 2.75) is 25.9 Å². The fourth-order valence-corrected chi connectivity index (χ4v) is 2.66. The molecule has 0 aliphatic carbocycles. The molecule has 0 unspecified atom stereocenters. The number of carbonyl (C=O) groups excluding carboxylic acids is 1. The van der Waals surface area contributed by atoms with E-state index in [2.05, 4.69) is 41.7 Å². The molecule has 1 aliphatic rings. The topological polar surface area (TPSA) is 32.3 Å². The first-order chi connectivity index (χ1) is 10.3. The van der Waals surface area contributed by atoms with Crippen molar-refractivity contribution in [3.63, 3.8) is 0 Å². The number of anilines is 1. The molecule has 0 radical (unpaired) electrons. The molecule has 1 amide bonds. The zero-order valence-electron chi connectivity index (χ0n) is 12.1. The van der Waals surface area contributed by atoms with Crippen LogP contribution in [0.5, 0.6) is 0 Å². The van der Waals surface area contributed by atoms with Crippen molar-refractivity contribution >= 4 is 11.6 Å². The SMILES string of the molecule is O=C1CCCN1c1ccc(CNCc2ccccc2)cc1. The molecule has 3 rings (SSSR count). The smallest absolute Gasteiger partial charge is 0.227 e. The van der Waals surface area contributed by atoms with Gasteiger partial charge in [-0.25, -0.2) is 0 Å². The number of carbonyl (C=O) groups is 1. The van der Waals surface area contributed by atoms with E-state index in [1.807, 2.05) is 23.1 Å². The first-order valence-electron chi connectivity index (χ1n) is 7.47. The molecular weight excluding hydrogens is 260 g/mol. The van der Waals surface area contributed by atoms with Crippen LogP contribution in [0.2, 0.25) is 0 Å². The molecule has 2 aromatic rings. The molecule has 0 bridgehead atoms. The van der Waals surface area contributed by atoms with Gasteiger partial charge in [-0.2, -0.15) is 0 Å². The van der Waals surface area contributed by atoms with Crippen molar-refractivity contribution in [2.75, 3.05) is 11.4 Å². The average Bonchev–Trinajstić information content (AvgIpc) is 2.95. The number of nitrogens with zero attached hydrogens (tertiary/aromatic N) is 1. The quantitative estimate of drug-likeness (QED) is 0.912. The maximum Gasteiger partial charge on any atom is 0.227 e. The lowest BCUT2D eigenvalue weighted by molar-refractivity contribution is -0.117. The highest BCUT2D eigenvalue weighted by Crippen LogP contribution is 2.21. The van der Waals surface area contributed by atoms with Crippen LogP contribution < -0.4 is 10.2 Å². The van der Waals surface area contributed by atoms with Crippen LogP contribution in [0.3, 0.4) is 0 Å². The van der Waals surface area contributed by atoms with Crippen LogP contribution in [-0.4, -0.2) is 12.5 Å². The zero-order valence-corrected chi connectivity index (χ0v) is 12.1. The predicted molar refractivity (Wildman–Crippen MR) is 85.0 cm³/mol. The molecule has 3 heteroatoms. The maximum absolute atomic E-state index is 11.7. The summed E-state index contributed by atoms with van der Waals surface area (Å²) < 4.78 is 0. The molecule has 1 N–H and O–H groups in total. The molecule has 0 aromatic heterocycles. The molecule has 21 heavy (non-hydrogen) atoms. The molecule has 0 atom stereocenters. The Balaban J connectivity index is 1.54. The van der Waals surface area contributed by atoms with E-state index in [4.69, 9.17) is 0 Å². The zero-order chi connectivity index (χ0) is 14.5. The van der Waals surface area contributed by atoms with E-state index in [-0.39, 0.29) is 5.91 Å². The summed E-state index contributed by atoms with van der Waals surface area (Å²) in [6.45, 7) is 2.56. The van der Waals surface area contributed by atoms with Gasteiger partial charge in [-0.15, -0.1) is 0 Å². The predicted octanol–water partition coefficient (Wildman–Crippen LogP) is 3.10. The van der Waals surface area contributed by atoms with Crippen LogP contribution in [0.1, 0.15) is 24.0 Å². The molecule has 2 aromatic carbocycles. The van der Waals surface area contributed by atoms with Crippen LogP contribution in [0.25, 0.3) is 0 Å². The standard InChI is InChI=1S/C18H20N2O/c21-18-7-4-12-20(18)17-10-8-16(9-11-17)14-19-13-15-5-2-1-3-6-15/h1-3,5-6,8-11,19H,4,7,12-14H2. The van der Waals surface area contributed by atoms with Crippen molar-refractivity contribution < 1.29 is 4.79 Å². The summed E-state index contributed by atoms with van der Waals surface area (Å²) in [5, 5.41) is 3.44. The van der Waals surface area contributed by atoms with Crippen LogP contribution >= 0.6 is 0 Å². The first-order valence-corrected chi connectivity index (χ1v) is 7.47. The monoisotopic (exact) mass is 280 g/mol. The second kappa shape index (κ2) is 6.55. The van der Waals surface area contributed by atoms with E-state index in [9.17, 15) is 4.79 Å². The number of hydrogen-bond acceptors (Lipinski definition) is 2. The highest BCUT2D eigenvalue weighted by Gasteiger charge is 2.21. The lowest BCUT2D eigenvalue weighted by atomic mass is 10.2. The van der Waals surface area contributed by atoms with Crippen molar-refractivity contribution in [2.24, 2.45) is 0 Å². The van der Waals surface area contributed by atoms with Crippen molar-refractivity contribution in [3.8, 4) is 0 Å². The Morgan fingerprint density at radius 1 is 0.905 bits per heavy atom. The van der Waals surface area contributed by atoms with Crippen molar-refractivity contribution in [1.29, 1.82) is 0 Å². The van der Waals surface area contributed by atoms with Crippen molar-refractivity contribution in [1.82, 2.24) is 5.32 Å². The molecule has 1 aliphatic heterocycles. The number of hydrogen-bond donors (Lipinski definition) is 1. The highest BCUT2D eigenvalue weighted by molar-refractivity contribution is 5.95. The molecule has 108 valence electrons. The van der Waals surface area contributed by atoms with Gasteiger partial charge in [0.05, 0.1) is 0 Å². The Labute approximate surface area is 125 Å². The largest absolute Gasteiger partial charge is 0.312 e. The van der Waals surface area contributed by atoms with Gasteiger partial charge in [-0.1, -0.05) is 42.5 Å². The van der Waals surface area contributed by atoms with Gasteiger partial charge in [0, 0.05) is 31.7 Å². The number of benzene rings is 2. The van der Waals surface area contributed by atoms with Gasteiger partial charge in [-0.05, 0) is 29.7 Å². The summed E-state index contributed by atoms with van der Waals surface area (Å²) in [6, 6.07) is 18.7. The van der Waals surface area contributed by atoms with Gasteiger partial charge in [0.1, 0.15) is 0 Å². The molecule has 1 heterocycles. The van der Waals surface area contributed by atoms with Gasteiger partial charge < -0.3 is 10.2 Å². The second-order valence-electron chi connectivity index (χ2n) is 5.40.